The molecule has 0 aromatic heterocycles. The number of thioether (sulfide) groups is 1. The van der Waals surface area contributed by atoms with Crippen LogP contribution >= 0.6 is 23.4 Å². The molecule has 2 unspecified atom stereocenters. The van der Waals surface area contributed by atoms with Crippen LogP contribution in [0, 0.1) is 10.1 Å². The predicted molar refractivity (Wildman–Crippen MR) is 109 cm³/mol. The van der Waals surface area contributed by atoms with Crippen molar-refractivity contribution in [3.05, 3.63) is 62.0 Å². The summed E-state index contributed by atoms with van der Waals surface area (Å²) < 4.78 is 23.3. The zero-order valence-corrected chi connectivity index (χ0v) is 17.0. The second-order valence-corrected chi connectivity index (χ2v) is 9.63. The van der Waals surface area contributed by atoms with Crippen LogP contribution in [0.25, 0.3) is 0 Å². The van der Waals surface area contributed by atoms with Gasteiger partial charge >= 0.3 is 6.03 Å². The van der Waals surface area contributed by atoms with Crippen LogP contribution in [0.15, 0.2) is 46.3 Å². The summed E-state index contributed by atoms with van der Waals surface area (Å²) >= 11 is 7.01. The van der Waals surface area contributed by atoms with Crippen molar-refractivity contribution in [2.24, 2.45) is 4.99 Å². The number of carbonyl (C=O) groups excluding carboxylic acids is 2. The van der Waals surface area contributed by atoms with Crippen LogP contribution in [-0.2, 0) is 9.84 Å². The molecule has 13 heteroatoms. The number of halogens is 1. The number of carbonyl (C=O) groups is 2. The second kappa shape index (κ2) is 7.97. The van der Waals surface area contributed by atoms with E-state index in [0.29, 0.717) is 0 Å². The van der Waals surface area contributed by atoms with Gasteiger partial charge in [0.25, 0.3) is 11.6 Å². The zero-order valence-electron chi connectivity index (χ0n) is 14.7. The summed E-state index contributed by atoms with van der Waals surface area (Å²) in [5.74, 6) is -0.920. The van der Waals surface area contributed by atoms with E-state index in [1.807, 2.05) is 5.32 Å². The fourth-order valence-electron chi connectivity index (χ4n) is 2.54. The van der Waals surface area contributed by atoms with E-state index in [4.69, 9.17) is 11.6 Å². The Morgan fingerprint density at radius 3 is 2.72 bits per heavy atom. The van der Waals surface area contributed by atoms with Crippen molar-refractivity contribution in [2.45, 2.75) is 11.3 Å². The van der Waals surface area contributed by atoms with Gasteiger partial charge in [-0.3, -0.25) is 30.5 Å². The topological polar surface area (TPSA) is 148 Å². The molecule has 29 heavy (non-hydrogen) atoms. The van der Waals surface area contributed by atoms with Crippen LogP contribution < -0.4 is 10.6 Å². The van der Waals surface area contributed by atoms with Crippen LogP contribution in [0.1, 0.15) is 10.4 Å². The first kappa shape index (κ1) is 21.0. The van der Waals surface area contributed by atoms with Gasteiger partial charge in [0, 0.05) is 18.4 Å². The molecule has 1 aliphatic carbocycles. The molecule has 2 N–H and O–H groups in total. The number of nitrogens with one attached hydrogen (secondary N) is 2. The molecule has 1 heterocycles. The molecule has 0 saturated carbocycles. The molecule has 0 fully saturated rings. The minimum atomic E-state index is -3.36. The van der Waals surface area contributed by atoms with Crippen molar-refractivity contribution in [3.63, 3.8) is 0 Å². The standard InChI is InChI=1S/C16H13ClN4O6S2/c1-29(26,27)9-3-5-12-13(7-9)28-16(18-12)20-15(23)19-14(22)10-6-8(21(24)25)2-4-11(10)17/h2-7,12-13H,1H3,(H2,18,19,20,22,23). The van der Waals surface area contributed by atoms with Crippen LogP contribution in [-0.4, -0.2) is 48.0 Å². The maximum absolute atomic E-state index is 12.2. The molecule has 1 aliphatic heterocycles. The number of sulfone groups is 1. The van der Waals surface area contributed by atoms with Gasteiger partial charge < -0.3 is 0 Å². The molecule has 1 aromatic rings. The fourth-order valence-corrected chi connectivity index (χ4v) is 4.65. The lowest BCUT2D eigenvalue weighted by molar-refractivity contribution is -0.384. The van der Waals surface area contributed by atoms with Gasteiger partial charge in [-0.2, -0.15) is 0 Å². The molecule has 2 atom stereocenters. The monoisotopic (exact) mass is 456 g/mol. The van der Waals surface area contributed by atoms with Crippen LogP contribution in [0.5, 0.6) is 0 Å². The molecule has 152 valence electrons. The highest BCUT2D eigenvalue weighted by molar-refractivity contribution is 8.14. The Morgan fingerprint density at radius 1 is 1.34 bits per heavy atom. The van der Waals surface area contributed by atoms with E-state index in [1.54, 1.807) is 12.2 Å². The van der Waals surface area contributed by atoms with Crippen LogP contribution in [0.3, 0.4) is 0 Å². The number of nitro groups is 1. The van der Waals surface area contributed by atoms with Gasteiger partial charge in [-0.05, 0) is 18.2 Å². The highest BCUT2D eigenvalue weighted by Crippen LogP contribution is 2.33. The minimum Gasteiger partial charge on any atom is -0.287 e. The first-order chi connectivity index (χ1) is 13.5. The Kier molecular flexibility index (Phi) is 5.78. The van der Waals surface area contributed by atoms with Gasteiger partial charge in [-0.1, -0.05) is 29.4 Å². The molecular formula is C16H13ClN4O6S2. The summed E-state index contributed by atoms with van der Waals surface area (Å²) in [6.45, 7) is 0. The van der Waals surface area contributed by atoms with E-state index in [0.717, 1.165) is 30.2 Å². The summed E-state index contributed by atoms with van der Waals surface area (Å²) in [5.41, 5.74) is -0.575. The Labute approximate surface area is 174 Å². The fraction of sp³-hybridized carbons (Fsp3) is 0.188. The zero-order chi connectivity index (χ0) is 21.3. The summed E-state index contributed by atoms with van der Waals surface area (Å²) in [7, 11) is -3.36. The van der Waals surface area contributed by atoms with Gasteiger partial charge in [0.05, 0.1) is 31.7 Å². The molecule has 0 saturated heterocycles. The molecule has 0 spiro atoms. The Balaban J connectivity index is 1.65. The number of nitro benzene ring substituents is 1. The van der Waals surface area contributed by atoms with Crippen LogP contribution in [0.4, 0.5) is 10.5 Å². The van der Waals surface area contributed by atoms with Gasteiger partial charge in [0.15, 0.2) is 15.0 Å². The lowest BCUT2D eigenvalue weighted by Crippen LogP contribution is -2.41. The van der Waals surface area contributed by atoms with E-state index in [-0.39, 0.29) is 37.6 Å². The van der Waals surface area contributed by atoms with Crippen molar-refractivity contribution < 1.29 is 22.9 Å². The van der Waals surface area contributed by atoms with E-state index in [9.17, 15) is 28.1 Å². The number of benzene rings is 1. The van der Waals surface area contributed by atoms with Gasteiger partial charge in [0.2, 0.25) is 0 Å². The number of non-ortho nitro benzene ring substituents is 1. The van der Waals surface area contributed by atoms with Crippen molar-refractivity contribution >= 4 is 56.0 Å². The molecule has 3 rings (SSSR count). The summed E-state index contributed by atoms with van der Waals surface area (Å²) in [6.07, 6.45) is 5.72. The molecule has 1 aromatic carbocycles. The van der Waals surface area contributed by atoms with E-state index in [2.05, 4.69) is 10.3 Å². The summed E-state index contributed by atoms with van der Waals surface area (Å²) in [6, 6.07) is 2.04. The molecule has 10 nitrogen and oxygen atoms in total. The SMILES string of the molecule is CS(=O)(=O)C1=CC2SC(NC(=O)NC(=O)c3cc([N+](=O)[O-])ccc3Cl)=NC2C=C1. The number of hydrogen-bond acceptors (Lipinski definition) is 8. The number of amidine groups is 1. The van der Waals surface area contributed by atoms with Crippen molar-refractivity contribution in [3.8, 4) is 0 Å². The average molecular weight is 457 g/mol. The number of fused-ring (bicyclic) bond motifs is 1. The average Bonchev–Trinajstić information content (AvgIpc) is 3.01. The lowest BCUT2D eigenvalue weighted by Gasteiger charge is -2.15. The Morgan fingerprint density at radius 2 is 2.07 bits per heavy atom. The minimum absolute atomic E-state index is 0.0527. The van der Waals surface area contributed by atoms with E-state index >= 15 is 0 Å². The maximum Gasteiger partial charge on any atom is 0.327 e. The number of aliphatic imine (C=N–C) groups is 1. The summed E-state index contributed by atoms with van der Waals surface area (Å²) in [4.78, 5) is 38.9. The predicted octanol–water partition coefficient (Wildman–Crippen LogP) is 2.03. The van der Waals surface area contributed by atoms with Gasteiger partial charge in [-0.15, -0.1) is 0 Å². The normalized spacial score (nSPS) is 20.3. The van der Waals surface area contributed by atoms with Crippen molar-refractivity contribution in [1.82, 2.24) is 10.6 Å². The number of nitrogens with zero attached hydrogens (tertiary/aromatic N) is 2. The Hall–Kier alpha value is -2.70. The van der Waals surface area contributed by atoms with Gasteiger partial charge in [-0.25, -0.2) is 13.2 Å². The maximum atomic E-state index is 12.2. The number of urea groups is 1. The van der Waals surface area contributed by atoms with Crippen molar-refractivity contribution in [1.29, 1.82) is 0 Å². The molecular weight excluding hydrogens is 444 g/mol. The largest absolute Gasteiger partial charge is 0.327 e. The highest BCUT2D eigenvalue weighted by Gasteiger charge is 2.32. The highest BCUT2D eigenvalue weighted by atomic mass is 35.5. The number of hydrogen-bond donors (Lipinski definition) is 2. The lowest BCUT2D eigenvalue weighted by atomic mass is 10.1. The number of imide groups is 1. The van der Waals surface area contributed by atoms with E-state index < -0.39 is 26.7 Å². The Bertz CT molecular complexity index is 1110. The van der Waals surface area contributed by atoms with Gasteiger partial charge in [0.1, 0.15) is 0 Å². The number of amides is 3. The summed E-state index contributed by atoms with van der Waals surface area (Å²) in [5, 5.41) is 15.1. The quantitative estimate of drug-likeness (QED) is 0.522. The smallest absolute Gasteiger partial charge is 0.287 e. The van der Waals surface area contributed by atoms with Crippen molar-refractivity contribution in [2.75, 3.05) is 6.26 Å². The second-order valence-electron chi connectivity index (χ2n) is 6.04. The third-order valence-corrected chi connectivity index (χ3v) is 6.49. The number of allylic oxidation sites excluding steroid dienone is 1. The van der Waals surface area contributed by atoms with E-state index in [1.165, 1.54) is 12.1 Å². The molecule has 2 aliphatic rings. The molecule has 0 bridgehead atoms. The third kappa shape index (κ3) is 4.83. The first-order valence-corrected chi connectivity index (χ1v) is 11.1. The van der Waals surface area contributed by atoms with Crippen LogP contribution in [0.2, 0.25) is 5.02 Å². The molecule has 3 amide bonds. The molecule has 0 radical (unpaired) electrons. The number of rotatable bonds is 3. The third-order valence-electron chi connectivity index (χ3n) is 3.92. The first-order valence-electron chi connectivity index (χ1n) is 7.95.